The number of aromatic nitrogens is 2. The zero-order valence-electron chi connectivity index (χ0n) is 17.8. The smallest absolute Gasteiger partial charge is 0.315 e. The second-order valence-corrected chi connectivity index (χ2v) is 7.09. The monoisotopic (exact) mass is 464 g/mol. The average Bonchev–Trinajstić information content (AvgIpc) is 3.27. The van der Waals surface area contributed by atoms with Crippen molar-refractivity contribution in [2.24, 2.45) is 10.9 Å². The number of halogens is 1. The van der Waals surface area contributed by atoms with Crippen LogP contribution in [0.1, 0.15) is 30.1 Å². The zero-order valence-corrected chi connectivity index (χ0v) is 18.5. The van der Waals surface area contributed by atoms with Crippen LogP contribution < -0.4 is 0 Å². The molecule has 2 unspecified atom stereocenters. The number of alkyl halides is 1. The number of carbonyl (C=O) groups excluding carboxylic acids is 1. The lowest BCUT2D eigenvalue weighted by molar-refractivity contribution is -0.384. The fourth-order valence-corrected chi connectivity index (χ4v) is 3.81. The minimum Gasteiger partial charge on any atom is -0.468 e. The first-order valence-corrected chi connectivity index (χ1v) is 9.95. The molecule has 1 aliphatic heterocycles. The largest absolute Gasteiger partial charge is 0.468 e. The molecule has 11 nitrogen and oxygen atoms in total. The van der Waals surface area contributed by atoms with Crippen molar-refractivity contribution in [3.8, 4) is 0 Å². The van der Waals surface area contributed by atoms with E-state index in [9.17, 15) is 14.9 Å². The summed E-state index contributed by atoms with van der Waals surface area (Å²) in [6.07, 6.45) is -0.960. The first kappa shape index (κ1) is 23.5. The van der Waals surface area contributed by atoms with Gasteiger partial charge in [-0.25, -0.2) is 0 Å². The van der Waals surface area contributed by atoms with Crippen molar-refractivity contribution in [1.82, 2.24) is 10.1 Å². The Bertz CT molecular complexity index is 1080. The van der Waals surface area contributed by atoms with E-state index < -0.39 is 29.0 Å². The van der Waals surface area contributed by atoms with E-state index in [1.54, 1.807) is 13.0 Å². The van der Waals surface area contributed by atoms with E-state index in [1.807, 2.05) is 0 Å². The summed E-state index contributed by atoms with van der Waals surface area (Å²) in [5.74, 6) is -2.14. The van der Waals surface area contributed by atoms with Gasteiger partial charge in [-0.05, 0) is 12.5 Å². The van der Waals surface area contributed by atoms with Gasteiger partial charge >= 0.3 is 5.97 Å². The molecule has 32 heavy (non-hydrogen) atoms. The van der Waals surface area contributed by atoms with Gasteiger partial charge in [-0.1, -0.05) is 17.3 Å². The fraction of sp³-hybridized carbons (Fsp3) is 0.400. The maximum atomic E-state index is 13.0. The van der Waals surface area contributed by atoms with Gasteiger partial charge in [0.15, 0.2) is 12.1 Å². The molecule has 0 saturated carbocycles. The van der Waals surface area contributed by atoms with E-state index in [0.29, 0.717) is 16.8 Å². The van der Waals surface area contributed by atoms with Gasteiger partial charge in [0.1, 0.15) is 5.92 Å². The lowest BCUT2D eigenvalue weighted by Crippen LogP contribution is -2.42. The first-order chi connectivity index (χ1) is 15.4. The van der Waals surface area contributed by atoms with Crippen molar-refractivity contribution in [3.63, 3.8) is 0 Å². The molecular formula is C20H21ClN4O7. The molecule has 2 aromatic rings. The van der Waals surface area contributed by atoms with Crippen molar-refractivity contribution in [2.75, 3.05) is 21.3 Å². The van der Waals surface area contributed by atoms with Crippen LogP contribution in [0.3, 0.4) is 0 Å². The van der Waals surface area contributed by atoms with E-state index in [-0.39, 0.29) is 29.0 Å². The second kappa shape index (κ2) is 9.98. The van der Waals surface area contributed by atoms with Gasteiger partial charge in [0.05, 0.1) is 23.6 Å². The van der Waals surface area contributed by atoms with Crippen molar-refractivity contribution in [2.45, 2.75) is 25.0 Å². The Morgan fingerprint density at radius 1 is 1.31 bits per heavy atom. The number of allylic oxidation sites excluding steroid dienone is 2. The summed E-state index contributed by atoms with van der Waals surface area (Å²) >= 11 is 5.82. The minimum atomic E-state index is -1.04. The number of ether oxygens (including phenoxy) is 3. The van der Waals surface area contributed by atoms with Crippen LogP contribution in [0.2, 0.25) is 0 Å². The standard InChI is InChI=1S/C20H21ClN4O7/c1-10-14(18-23-13(9-21)24-32-18)15(11-6-5-7-12(8-11)25(27)28)16(19(26)29-2)17(22-10)20(30-3)31-4/h5-8,15-16,20H,9H2,1-4H3. The molecule has 170 valence electrons. The van der Waals surface area contributed by atoms with Gasteiger partial charge in [0.25, 0.3) is 11.6 Å². The molecule has 0 bridgehead atoms. The SMILES string of the molecule is COC(=O)C1C(C(OC)OC)=NC(C)=C(c2nc(CCl)no2)C1c1cccc([N+](=O)[O-])c1. The van der Waals surface area contributed by atoms with Crippen molar-refractivity contribution < 1.29 is 28.5 Å². The third-order valence-electron chi connectivity index (χ3n) is 5.03. The summed E-state index contributed by atoms with van der Waals surface area (Å²) in [6, 6.07) is 5.93. The number of nitro benzene ring substituents is 1. The average molecular weight is 465 g/mol. The minimum absolute atomic E-state index is 0.0156. The van der Waals surface area contributed by atoms with Crippen LogP contribution in [-0.2, 0) is 24.9 Å². The summed E-state index contributed by atoms with van der Waals surface area (Å²) in [4.78, 5) is 32.7. The number of esters is 1. The number of hydrogen-bond donors (Lipinski definition) is 0. The number of carbonyl (C=O) groups is 1. The van der Waals surface area contributed by atoms with Crippen LogP contribution in [0.25, 0.3) is 5.57 Å². The summed E-state index contributed by atoms with van der Waals surface area (Å²) in [5.41, 5.74) is 1.42. The number of aliphatic imine (C=N–C) groups is 1. The number of hydrogen-bond acceptors (Lipinski definition) is 10. The number of nitro groups is 1. The summed E-state index contributed by atoms with van der Waals surface area (Å²) in [5, 5.41) is 15.2. The molecular weight excluding hydrogens is 444 g/mol. The molecule has 2 atom stereocenters. The van der Waals surface area contributed by atoms with Crippen molar-refractivity contribution in [1.29, 1.82) is 0 Å². The lowest BCUT2D eigenvalue weighted by atomic mass is 9.75. The van der Waals surface area contributed by atoms with Crippen LogP contribution in [0.15, 0.2) is 39.5 Å². The molecule has 0 radical (unpaired) electrons. The molecule has 0 aliphatic carbocycles. The zero-order chi connectivity index (χ0) is 23.4. The maximum absolute atomic E-state index is 13.0. The van der Waals surface area contributed by atoms with E-state index >= 15 is 0 Å². The molecule has 0 saturated heterocycles. The molecule has 0 fully saturated rings. The van der Waals surface area contributed by atoms with E-state index in [0.717, 1.165) is 0 Å². The highest BCUT2D eigenvalue weighted by molar-refractivity contribution is 6.16. The highest BCUT2D eigenvalue weighted by atomic mass is 35.5. The summed E-state index contributed by atoms with van der Waals surface area (Å²) in [6.45, 7) is 1.69. The number of non-ortho nitro benzene ring substituents is 1. The molecule has 3 rings (SSSR count). The Morgan fingerprint density at radius 2 is 2.03 bits per heavy atom. The number of methoxy groups -OCH3 is 3. The van der Waals surface area contributed by atoms with Gasteiger partial charge in [-0.3, -0.25) is 19.9 Å². The second-order valence-electron chi connectivity index (χ2n) is 6.82. The maximum Gasteiger partial charge on any atom is 0.315 e. The van der Waals surface area contributed by atoms with Crippen LogP contribution in [0, 0.1) is 16.0 Å². The highest BCUT2D eigenvalue weighted by Crippen LogP contribution is 2.45. The summed E-state index contributed by atoms with van der Waals surface area (Å²) in [7, 11) is 4.06. The molecule has 0 N–H and O–H groups in total. The normalized spacial score (nSPS) is 18.6. The van der Waals surface area contributed by atoms with E-state index in [1.165, 1.54) is 39.5 Å². The summed E-state index contributed by atoms with van der Waals surface area (Å²) < 4.78 is 21.2. The van der Waals surface area contributed by atoms with E-state index in [2.05, 4.69) is 15.1 Å². The third kappa shape index (κ3) is 4.40. The van der Waals surface area contributed by atoms with Crippen LogP contribution in [0.5, 0.6) is 0 Å². The molecule has 2 heterocycles. The van der Waals surface area contributed by atoms with Gasteiger partial charge in [-0.2, -0.15) is 4.98 Å². The molecule has 0 spiro atoms. The number of benzene rings is 1. The van der Waals surface area contributed by atoms with Gasteiger partial charge in [0.2, 0.25) is 0 Å². The van der Waals surface area contributed by atoms with Crippen LogP contribution >= 0.6 is 11.6 Å². The van der Waals surface area contributed by atoms with Crippen molar-refractivity contribution in [3.05, 3.63) is 57.4 Å². The molecule has 1 aromatic carbocycles. The Kier molecular flexibility index (Phi) is 7.33. The van der Waals surface area contributed by atoms with Crippen LogP contribution in [0.4, 0.5) is 5.69 Å². The predicted octanol–water partition coefficient (Wildman–Crippen LogP) is 3.09. The number of rotatable bonds is 8. The first-order valence-electron chi connectivity index (χ1n) is 9.42. The fourth-order valence-electron chi connectivity index (χ4n) is 3.70. The Balaban J connectivity index is 2.31. The molecule has 0 amide bonds. The highest BCUT2D eigenvalue weighted by Gasteiger charge is 2.46. The Labute approximate surface area is 188 Å². The van der Waals surface area contributed by atoms with Gasteiger partial charge in [-0.15, -0.1) is 11.6 Å². The molecule has 12 heteroatoms. The molecule has 1 aromatic heterocycles. The number of nitrogens with zero attached hydrogens (tertiary/aromatic N) is 4. The Hall–Kier alpha value is -3.15. The Morgan fingerprint density at radius 3 is 2.59 bits per heavy atom. The van der Waals surface area contributed by atoms with Crippen LogP contribution in [-0.4, -0.2) is 54.4 Å². The third-order valence-corrected chi connectivity index (χ3v) is 5.27. The van der Waals surface area contributed by atoms with Gasteiger partial charge in [0, 0.05) is 43.5 Å². The van der Waals surface area contributed by atoms with E-state index in [4.69, 9.17) is 30.3 Å². The van der Waals surface area contributed by atoms with Crippen molar-refractivity contribution >= 4 is 34.5 Å². The quantitative estimate of drug-likeness (QED) is 0.189. The molecule has 1 aliphatic rings. The predicted molar refractivity (Wildman–Crippen MR) is 113 cm³/mol. The van der Waals surface area contributed by atoms with Gasteiger partial charge < -0.3 is 18.7 Å². The topological polar surface area (TPSA) is 139 Å². The lowest BCUT2D eigenvalue weighted by Gasteiger charge is -2.33.